The molecule has 20 heavy (non-hydrogen) atoms. The second kappa shape index (κ2) is 7.65. The van der Waals surface area contributed by atoms with Gasteiger partial charge in [0.15, 0.2) is 0 Å². The number of nitrogens with two attached hydrogens (primary N) is 1. The highest BCUT2D eigenvalue weighted by Gasteiger charge is 2.29. The summed E-state index contributed by atoms with van der Waals surface area (Å²) in [5.41, 5.74) is 8.24. The van der Waals surface area contributed by atoms with Crippen molar-refractivity contribution in [2.45, 2.75) is 46.7 Å². The molecule has 1 amide bonds. The normalized spacial score (nSPS) is 12.5. The molecule has 4 heteroatoms. The lowest BCUT2D eigenvalue weighted by molar-refractivity contribution is -0.134. The Morgan fingerprint density at radius 2 is 1.65 bits per heavy atom. The van der Waals surface area contributed by atoms with Crippen molar-refractivity contribution in [3.05, 3.63) is 35.4 Å². The van der Waals surface area contributed by atoms with Crippen molar-refractivity contribution in [1.82, 2.24) is 4.90 Å². The monoisotopic (exact) mass is 298 g/mol. The van der Waals surface area contributed by atoms with Crippen LogP contribution in [-0.2, 0) is 17.8 Å². The van der Waals surface area contributed by atoms with Gasteiger partial charge in [-0.3, -0.25) is 4.79 Å². The largest absolute Gasteiger partial charge is 0.340 e. The Bertz CT molecular complexity index is 423. The van der Waals surface area contributed by atoms with Crippen molar-refractivity contribution in [1.29, 1.82) is 0 Å². The van der Waals surface area contributed by atoms with Crippen LogP contribution in [-0.4, -0.2) is 23.9 Å². The van der Waals surface area contributed by atoms with E-state index in [1.807, 2.05) is 27.8 Å². The van der Waals surface area contributed by atoms with E-state index in [0.29, 0.717) is 6.54 Å². The average molecular weight is 299 g/mol. The zero-order valence-electron chi connectivity index (χ0n) is 13.1. The van der Waals surface area contributed by atoms with Crippen LogP contribution in [0.3, 0.4) is 0 Å². The number of carbonyl (C=O) groups is 1. The highest BCUT2D eigenvalue weighted by atomic mass is 35.5. The molecule has 114 valence electrons. The van der Waals surface area contributed by atoms with Gasteiger partial charge in [0, 0.05) is 13.6 Å². The number of aryl methyl sites for hydroxylation is 1. The Balaban J connectivity index is 0.00000361. The number of benzene rings is 1. The van der Waals surface area contributed by atoms with Crippen LogP contribution in [0.15, 0.2) is 24.3 Å². The summed E-state index contributed by atoms with van der Waals surface area (Å²) < 4.78 is 0. The van der Waals surface area contributed by atoms with Gasteiger partial charge in [-0.25, -0.2) is 0 Å². The van der Waals surface area contributed by atoms with Crippen molar-refractivity contribution in [3.8, 4) is 0 Å². The zero-order valence-corrected chi connectivity index (χ0v) is 14.0. The number of nitrogens with zero attached hydrogens (tertiary/aromatic N) is 1. The summed E-state index contributed by atoms with van der Waals surface area (Å²) in [6, 6.07) is 7.90. The van der Waals surface area contributed by atoms with Gasteiger partial charge in [0.1, 0.15) is 0 Å². The van der Waals surface area contributed by atoms with Crippen LogP contribution in [0.25, 0.3) is 0 Å². The van der Waals surface area contributed by atoms with Gasteiger partial charge in [0.2, 0.25) is 5.91 Å². The molecular weight excluding hydrogens is 272 g/mol. The fraction of sp³-hybridized carbons (Fsp3) is 0.562. The Morgan fingerprint density at radius 3 is 2.05 bits per heavy atom. The van der Waals surface area contributed by atoms with Crippen molar-refractivity contribution in [3.63, 3.8) is 0 Å². The number of hydrogen-bond donors (Lipinski definition) is 1. The zero-order chi connectivity index (χ0) is 14.6. The van der Waals surface area contributed by atoms with Crippen molar-refractivity contribution < 1.29 is 4.79 Å². The summed E-state index contributed by atoms with van der Waals surface area (Å²) in [5, 5.41) is 0. The molecule has 0 heterocycles. The minimum atomic E-state index is -0.465. The summed E-state index contributed by atoms with van der Waals surface area (Å²) in [7, 11) is 1.81. The maximum absolute atomic E-state index is 12.2. The molecule has 0 saturated heterocycles. The quantitative estimate of drug-likeness (QED) is 0.929. The van der Waals surface area contributed by atoms with Gasteiger partial charge >= 0.3 is 0 Å². The smallest absolute Gasteiger partial charge is 0.240 e. The van der Waals surface area contributed by atoms with E-state index >= 15 is 0 Å². The first-order valence-corrected chi connectivity index (χ1v) is 6.84. The summed E-state index contributed by atoms with van der Waals surface area (Å²) in [6.45, 7) is 8.69. The summed E-state index contributed by atoms with van der Waals surface area (Å²) in [5.74, 6) is -0.00734. The third-order valence-electron chi connectivity index (χ3n) is 3.43. The minimum Gasteiger partial charge on any atom is -0.340 e. The molecule has 0 aliphatic carbocycles. The summed E-state index contributed by atoms with van der Waals surface area (Å²) >= 11 is 0. The SMILES string of the molecule is CCc1ccc(CN(C)C(=O)[C@@H](N)C(C)(C)C)cc1.Cl. The molecule has 1 aromatic carbocycles. The van der Waals surface area contributed by atoms with E-state index in [0.717, 1.165) is 12.0 Å². The van der Waals surface area contributed by atoms with Crippen LogP contribution in [0.4, 0.5) is 0 Å². The number of likely N-dealkylation sites (N-methyl/N-ethyl adjacent to an activating group) is 1. The number of carbonyl (C=O) groups excluding carboxylic acids is 1. The van der Waals surface area contributed by atoms with E-state index in [4.69, 9.17) is 5.73 Å². The lowest BCUT2D eigenvalue weighted by Gasteiger charge is -2.30. The Morgan fingerprint density at radius 1 is 1.20 bits per heavy atom. The molecule has 0 fully saturated rings. The molecule has 2 N–H and O–H groups in total. The Kier molecular flexibility index (Phi) is 7.25. The second-order valence-electron chi connectivity index (χ2n) is 6.21. The average Bonchev–Trinajstić information content (AvgIpc) is 2.36. The Labute approximate surface area is 128 Å². The van der Waals surface area contributed by atoms with Gasteiger partial charge < -0.3 is 10.6 Å². The van der Waals surface area contributed by atoms with E-state index in [1.165, 1.54) is 5.56 Å². The molecular formula is C16H27ClN2O. The maximum Gasteiger partial charge on any atom is 0.240 e. The molecule has 0 aliphatic heterocycles. The number of amides is 1. The van der Waals surface area contributed by atoms with E-state index in [9.17, 15) is 4.79 Å². The van der Waals surface area contributed by atoms with Crippen molar-refractivity contribution in [2.75, 3.05) is 7.05 Å². The summed E-state index contributed by atoms with van der Waals surface area (Å²) in [6.07, 6.45) is 1.03. The molecule has 1 atom stereocenters. The number of halogens is 1. The van der Waals surface area contributed by atoms with Gasteiger partial charge in [-0.15, -0.1) is 12.4 Å². The number of rotatable bonds is 4. The topological polar surface area (TPSA) is 46.3 Å². The van der Waals surface area contributed by atoms with E-state index in [2.05, 4.69) is 31.2 Å². The standard InChI is InChI=1S/C16H26N2O.ClH/c1-6-12-7-9-13(10-8-12)11-18(5)15(19)14(17)16(2,3)4;/h7-10,14H,6,11,17H2,1-5H3;1H/t14-;/m1./s1. The lowest BCUT2D eigenvalue weighted by atomic mass is 9.86. The first-order chi connectivity index (χ1) is 8.75. The van der Waals surface area contributed by atoms with Crippen LogP contribution in [0, 0.1) is 5.41 Å². The molecule has 0 bridgehead atoms. The van der Waals surface area contributed by atoms with Gasteiger partial charge in [0.05, 0.1) is 6.04 Å². The molecule has 3 nitrogen and oxygen atoms in total. The van der Waals surface area contributed by atoms with Crippen molar-refractivity contribution in [2.24, 2.45) is 11.1 Å². The van der Waals surface area contributed by atoms with E-state index in [1.54, 1.807) is 4.90 Å². The predicted molar refractivity (Wildman–Crippen MR) is 87.0 cm³/mol. The molecule has 1 rings (SSSR count). The highest BCUT2D eigenvalue weighted by molar-refractivity contribution is 5.85. The predicted octanol–water partition coefficient (Wildman–Crippen LogP) is 3.00. The van der Waals surface area contributed by atoms with Gasteiger partial charge in [-0.05, 0) is 23.0 Å². The molecule has 0 saturated carbocycles. The van der Waals surface area contributed by atoms with Gasteiger partial charge in [0.25, 0.3) is 0 Å². The van der Waals surface area contributed by atoms with Crippen LogP contribution in [0.5, 0.6) is 0 Å². The van der Waals surface area contributed by atoms with Crippen molar-refractivity contribution >= 4 is 18.3 Å². The molecule has 1 aromatic rings. The Hall–Kier alpha value is -1.06. The van der Waals surface area contributed by atoms with Crippen LogP contribution < -0.4 is 5.73 Å². The molecule has 0 radical (unpaired) electrons. The molecule has 0 aliphatic rings. The highest BCUT2D eigenvalue weighted by Crippen LogP contribution is 2.19. The van der Waals surface area contributed by atoms with E-state index < -0.39 is 6.04 Å². The first-order valence-electron chi connectivity index (χ1n) is 6.84. The third-order valence-corrected chi connectivity index (χ3v) is 3.43. The number of hydrogen-bond acceptors (Lipinski definition) is 2. The summed E-state index contributed by atoms with van der Waals surface area (Å²) in [4.78, 5) is 13.9. The lowest BCUT2D eigenvalue weighted by Crippen LogP contribution is -2.48. The van der Waals surface area contributed by atoms with Crippen LogP contribution in [0.1, 0.15) is 38.8 Å². The van der Waals surface area contributed by atoms with E-state index in [-0.39, 0.29) is 23.7 Å². The fourth-order valence-electron chi connectivity index (χ4n) is 1.84. The van der Waals surface area contributed by atoms with Crippen LogP contribution in [0.2, 0.25) is 0 Å². The molecule has 0 aromatic heterocycles. The first kappa shape index (κ1) is 18.9. The molecule has 0 spiro atoms. The van der Waals surface area contributed by atoms with Gasteiger partial charge in [-0.2, -0.15) is 0 Å². The van der Waals surface area contributed by atoms with Gasteiger partial charge in [-0.1, -0.05) is 52.0 Å². The van der Waals surface area contributed by atoms with Crippen LogP contribution >= 0.6 is 12.4 Å². The maximum atomic E-state index is 12.2. The fourth-order valence-corrected chi connectivity index (χ4v) is 1.84. The molecule has 0 unspecified atom stereocenters. The third kappa shape index (κ3) is 5.14. The second-order valence-corrected chi connectivity index (χ2v) is 6.21. The minimum absolute atomic E-state index is 0.